The predicted molar refractivity (Wildman–Crippen MR) is 99.5 cm³/mol. The fraction of sp³-hybridized carbons (Fsp3) is 0.211. The van der Waals surface area contributed by atoms with Crippen molar-refractivity contribution in [2.45, 2.75) is 26.4 Å². The molecular formula is C19H18BrFN2O. The van der Waals surface area contributed by atoms with E-state index < -0.39 is 0 Å². The number of nitrogens with zero attached hydrogens (tertiary/aromatic N) is 1. The highest BCUT2D eigenvalue weighted by Gasteiger charge is 2.12. The summed E-state index contributed by atoms with van der Waals surface area (Å²) in [6.07, 6.45) is 1.70. The van der Waals surface area contributed by atoms with Gasteiger partial charge in [0.25, 0.3) is 0 Å². The Bertz CT molecular complexity index is 873. The molecule has 0 amide bonds. The van der Waals surface area contributed by atoms with Crippen LogP contribution < -0.4 is 10.1 Å². The first-order valence-electron chi connectivity index (χ1n) is 7.62. The topological polar surface area (TPSA) is 34.1 Å². The third-order valence-electron chi connectivity index (χ3n) is 3.34. The number of nitrogens with one attached hydrogen (secondary N) is 1. The van der Waals surface area contributed by atoms with E-state index in [-0.39, 0.29) is 11.4 Å². The van der Waals surface area contributed by atoms with Gasteiger partial charge >= 0.3 is 0 Å². The molecular weight excluding hydrogens is 371 g/mol. The van der Waals surface area contributed by atoms with Crippen LogP contribution >= 0.6 is 15.9 Å². The highest BCUT2D eigenvalue weighted by molar-refractivity contribution is 9.10. The van der Waals surface area contributed by atoms with E-state index in [1.165, 1.54) is 12.1 Å². The number of benzene rings is 2. The summed E-state index contributed by atoms with van der Waals surface area (Å²) in [7, 11) is 0. The molecule has 0 aliphatic carbocycles. The van der Waals surface area contributed by atoms with E-state index in [4.69, 9.17) is 4.74 Å². The summed E-state index contributed by atoms with van der Waals surface area (Å²) in [6, 6.07) is 12.4. The Morgan fingerprint density at radius 2 is 1.75 bits per heavy atom. The minimum Gasteiger partial charge on any atom is -0.488 e. The smallest absolute Gasteiger partial charge is 0.138 e. The molecule has 5 heteroatoms. The average molecular weight is 389 g/mol. The minimum atomic E-state index is -0.306. The lowest BCUT2D eigenvalue weighted by molar-refractivity contribution is 0.131. The minimum absolute atomic E-state index is 0.240. The summed E-state index contributed by atoms with van der Waals surface area (Å²) in [5.41, 5.74) is 0.618. The number of anilines is 2. The van der Waals surface area contributed by atoms with E-state index >= 15 is 0 Å². The second-order valence-electron chi connectivity index (χ2n) is 6.51. The van der Waals surface area contributed by atoms with Crippen LogP contribution in [0.3, 0.4) is 0 Å². The molecule has 0 unspecified atom stereocenters. The van der Waals surface area contributed by atoms with Crippen molar-refractivity contribution in [2.24, 2.45) is 0 Å². The monoisotopic (exact) mass is 388 g/mol. The lowest BCUT2D eigenvalue weighted by Crippen LogP contribution is -2.22. The van der Waals surface area contributed by atoms with E-state index in [9.17, 15) is 4.39 Å². The van der Waals surface area contributed by atoms with E-state index in [2.05, 4.69) is 26.2 Å². The van der Waals surface area contributed by atoms with Crippen molar-refractivity contribution in [3.05, 3.63) is 59.0 Å². The molecule has 0 radical (unpaired) electrons. The van der Waals surface area contributed by atoms with Crippen molar-refractivity contribution in [3.8, 4) is 5.75 Å². The van der Waals surface area contributed by atoms with E-state index in [0.717, 1.165) is 22.2 Å². The number of aromatic nitrogens is 1. The summed E-state index contributed by atoms with van der Waals surface area (Å²) in [4.78, 5) is 4.34. The van der Waals surface area contributed by atoms with Gasteiger partial charge in [-0.05, 0) is 63.2 Å². The van der Waals surface area contributed by atoms with Crippen LogP contribution in [0.4, 0.5) is 15.9 Å². The number of ether oxygens (including phenoxy) is 1. The second kappa shape index (κ2) is 6.40. The number of rotatable bonds is 3. The summed E-state index contributed by atoms with van der Waals surface area (Å²) < 4.78 is 20.2. The van der Waals surface area contributed by atoms with Gasteiger partial charge in [-0.2, -0.15) is 0 Å². The number of hydrogen-bond donors (Lipinski definition) is 1. The molecule has 24 heavy (non-hydrogen) atoms. The fourth-order valence-corrected chi connectivity index (χ4v) is 2.97. The van der Waals surface area contributed by atoms with Crippen LogP contribution in [0.5, 0.6) is 5.75 Å². The van der Waals surface area contributed by atoms with Gasteiger partial charge in [0.2, 0.25) is 0 Å². The maximum atomic E-state index is 13.7. The van der Waals surface area contributed by atoms with Gasteiger partial charge in [-0.1, -0.05) is 15.9 Å². The molecule has 0 aliphatic rings. The Morgan fingerprint density at radius 3 is 2.42 bits per heavy atom. The lowest BCUT2D eigenvalue weighted by Gasteiger charge is -2.21. The molecule has 1 aromatic heterocycles. The van der Waals surface area contributed by atoms with Crippen molar-refractivity contribution in [2.75, 3.05) is 5.32 Å². The lowest BCUT2D eigenvalue weighted by atomic mass is 10.1. The van der Waals surface area contributed by atoms with Crippen LogP contribution in [-0.4, -0.2) is 10.6 Å². The first kappa shape index (κ1) is 16.7. The highest BCUT2D eigenvalue weighted by Crippen LogP contribution is 2.31. The van der Waals surface area contributed by atoms with E-state index in [1.807, 2.05) is 51.1 Å². The SMILES string of the molecule is CC(C)(C)Oc1ccc(Nc2nccc3c(Br)cc(F)cc23)cc1. The molecule has 1 heterocycles. The third-order valence-corrected chi connectivity index (χ3v) is 3.99. The maximum Gasteiger partial charge on any atom is 0.138 e. The van der Waals surface area contributed by atoms with Crippen LogP contribution in [0.1, 0.15) is 20.8 Å². The Labute approximate surface area is 149 Å². The molecule has 0 atom stereocenters. The molecule has 0 saturated heterocycles. The van der Waals surface area contributed by atoms with Crippen molar-refractivity contribution < 1.29 is 9.13 Å². The quantitative estimate of drug-likeness (QED) is 0.592. The fourth-order valence-electron chi connectivity index (χ4n) is 2.40. The van der Waals surface area contributed by atoms with E-state index in [1.54, 1.807) is 6.20 Å². The summed E-state index contributed by atoms with van der Waals surface area (Å²) in [5, 5.41) is 4.86. The first-order chi connectivity index (χ1) is 11.3. The third kappa shape index (κ3) is 3.85. The highest BCUT2D eigenvalue weighted by atomic mass is 79.9. The Kier molecular flexibility index (Phi) is 4.45. The van der Waals surface area contributed by atoms with Gasteiger partial charge in [-0.25, -0.2) is 9.37 Å². The molecule has 3 rings (SSSR count). The van der Waals surface area contributed by atoms with Crippen LogP contribution in [0, 0.1) is 5.82 Å². The van der Waals surface area contributed by atoms with Crippen LogP contribution in [0.2, 0.25) is 0 Å². The molecule has 3 nitrogen and oxygen atoms in total. The maximum absolute atomic E-state index is 13.7. The number of hydrogen-bond acceptors (Lipinski definition) is 3. The van der Waals surface area contributed by atoms with Gasteiger partial charge in [0.1, 0.15) is 23.0 Å². The zero-order chi connectivity index (χ0) is 17.3. The summed E-state index contributed by atoms with van der Waals surface area (Å²) >= 11 is 3.39. The predicted octanol–water partition coefficient (Wildman–Crippen LogP) is 6.06. The Morgan fingerprint density at radius 1 is 1.04 bits per heavy atom. The molecule has 0 bridgehead atoms. The van der Waals surface area contributed by atoms with Crippen LogP contribution in [0.25, 0.3) is 10.8 Å². The van der Waals surface area contributed by atoms with Crippen molar-refractivity contribution in [1.29, 1.82) is 0 Å². The molecule has 3 aromatic rings. The molecule has 2 aromatic carbocycles. The molecule has 0 aliphatic heterocycles. The zero-order valence-electron chi connectivity index (χ0n) is 13.7. The van der Waals surface area contributed by atoms with Crippen LogP contribution in [-0.2, 0) is 0 Å². The molecule has 0 saturated carbocycles. The number of fused-ring (bicyclic) bond motifs is 1. The van der Waals surface area contributed by atoms with Gasteiger partial charge in [-0.3, -0.25) is 0 Å². The van der Waals surface area contributed by atoms with Crippen LogP contribution in [0.15, 0.2) is 53.1 Å². The van der Waals surface area contributed by atoms with Gasteiger partial charge in [0.15, 0.2) is 0 Å². The summed E-state index contributed by atoms with van der Waals surface area (Å²) in [6.45, 7) is 6.02. The van der Waals surface area contributed by atoms with Crippen molar-refractivity contribution in [3.63, 3.8) is 0 Å². The molecule has 1 N–H and O–H groups in total. The Balaban J connectivity index is 1.90. The number of pyridine rings is 1. The van der Waals surface area contributed by atoms with Crippen molar-refractivity contribution >= 4 is 38.2 Å². The van der Waals surface area contributed by atoms with Gasteiger partial charge in [-0.15, -0.1) is 0 Å². The normalized spacial score (nSPS) is 11.5. The Hall–Kier alpha value is -2.14. The van der Waals surface area contributed by atoms with Gasteiger partial charge in [0.05, 0.1) is 0 Å². The second-order valence-corrected chi connectivity index (χ2v) is 7.36. The molecule has 124 valence electrons. The van der Waals surface area contributed by atoms with Gasteiger partial charge < -0.3 is 10.1 Å². The standard InChI is InChI=1S/C19H18BrFN2O/c1-19(2,3)24-14-6-4-13(5-7-14)23-18-16-10-12(21)11-17(20)15(16)8-9-22-18/h4-11H,1-3H3,(H,22,23). The largest absolute Gasteiger partial charge is 0.488 e. The van der Waals surface area contributed by atoms with E-state index in [0.29, 0.717) is 10.3 Å². The zero-order valence-corrected chi connectivity index (χ0v) is 15.3. The average Bonchev–Trinajstić information content (AvgIpc) is 2.48. The summed E-state index contributed by atoms with van der Waals surface area (Å²) in [5.74, 6) is 1.10. The number of halogens is 2. The van der Waals surface area contributed by atoms with Gasteiger partial charge in [0, 0.05) is 27.1 Å². The molecule has 0 fully saturated rings. The van der Waals surface area contributed by atoms with Crippen molar-refractivity contribution in [1.82, 2.24) is 4.98 Å². The molecule has 0 spiro atoms. The first-order valence-corrected chi connectivity index (χ1v) is 8.41.